The third-order valence-electron chi connectivity index (χ3n) is 1.54. The van der Waals surface area contributed by atoms with E-state index in [4.69, 9.17) is 0 Å². The van der Waals surface area contributed by atoms with Gasteiger partial charge in [0.2, 0.25) is 0 Å². The summed E-state index contributed by atoms with van der Waals surface area (Å²) in [5.74, 6) is 1.00. The smallest absolute Gasteiger partial charge is 0.417 e. The van der Waals surface area contributed by atoms with Crippen molar-refractivity contribution in [2.75, 3.05) is 6.61 Å². The quantitative estimate of drug-likeness (QED) is 0.573. The Hall–Kier alpha value is -0.530. The second-order valence-corrected chi connectivity index (χ2v) is 2.62. The van der Waals surface area contributed by atoms with E-state index in [1.165, 1.54) is 6.47 Å². The molecule has 0 spiro atoms. The molecular weight excluding hydrogens is 116 g/mol. The van der Waals surface area contributed by atoms with Crippen LogP contribution in [-0.2, 0) is 9.53 Å². The average Bonchev–Trinajstić information content (AvgIpc) is 1.82. The van der Waals surface area contributed by atoms with Gasteiger partial charge in [0.1, 0.15) is 0 Å². The van der Waals surface area contributed by atoms with Crippen LogP contribution < -0.4 is 0 Å². The Balaban J connectivity index is 3.26. The molecule has 0 amide bonds. The molecule has 1 unspecified atom stereocenters. The summed E-state index contributed by atoms with van der Waals surface area (Å²) in [5, 5.41) is 0. The summed E-state index contributed by atoms with van der Waals surface area (Å²) in [7, 11) is 0. The Labute approximate surface area is 56.2 Å². The van der Waals surface area contributed by atoms with E-state index in [1.54, 1.807) is 0 Å². The lowest BCUT2D eigenvalue weighted by Crippen LogP contribution is -2.11. The highest BCUT2D eigenvalue weighted by atomic mass is 16.5. The number of carbonyl (C=O) groups excluding carboxylic acids is 1. The first-order chi connectivity index (χ1) is 4.18. The Morgan fingerprint density at radius 3 is 2.33 bits per heavy atom. The van der Waals surface area contributed by atoms with Gasteiger partial charge in [0.25, 0.3) is 0 Å². The molecule has 53 valence electrons. The third kappa shape index (κ3) is 4.01. The van der Waals surface area contributed by atoms with Crippen molar-refractivity contribution in [1.82, 2.24) is 0 Å². The van der Waals surface area contributed by atoms with E-state index in [-0.39, 0.29) is 0 Å². The van der Waals surface area contributed by atoms with E-state index < -0.39 is 0 Å². The number of ether oxygens (including phenoxy) is 1. The summed E-state index contributed by atoms with van der Waals surface area (Å²) >= 11 is 0. The maximum Gasteiger partial charge on any atom is 0.417 e. The molecule has 2 heteroatoms. The lowest BCUT2D eigenvalue weighted by Gasteiger charge is -2.12. The SMILES string of the molecule is CC(C)C(C)CO[C]=O. The molecule has 0 aliphatic heterocycles. The monoisotopic (exact) mass is 129 g/mol. The molecule has 0 aromatic carbocycles. The maximum absolute atomic E-state index is 9.58. The zero-order valence-corrected chi connectivity index (χ0v) is 6.18. The largest absolute Gasteiger partial charge is 0.457 e. The summed E-state index contributed by atoms with van der Waals surface area (Å²) in [4.78, 5) is 9.58. The summed E-state index contributed by atoms with van der Waals surface area (Å²) in [5.41, 5.74) is 0. The van der Waals surface area contributed by atoms with Gasteiger partial charge >= 0.3 is 6.47 Å². The highest BCUT2D eigenvalue weighted by molar-refractivity contribution is 5.38. The highest BCUT2D eigenvalue weighted by Crippen LogP contribution is 2.08. The minimum Gasteiger partial charge on any atom is -0.457 e. The minimum atomic E-state index is 0.437. The van der Waals surface area contributed by atoms with Gasteiger partial charge in [-0.15, -0.1) is 0 Å². The van der Waals surface area contributed by atoms with Crippen LogP contribution in [0.1, 0.15) is 20.8 Å². The molecule has 0 rings (SSSR count). The van der Waals surface area contributed by atoms with E-state index in [1.807, 2.05) is 6.92 Å². The lowest BCUT2D eigenvalue weighted by atomic mass is 10.00. The molecule has 0 fully saturated rings. The lowest BCUT2D eigenvalue weighted by molar-refractivity contribution is 0.201. The Morgan fingerprint density at radius 2 is 2.00 bits per heavy atom. The maximum atomic E-state index is 9.58. The van der Waals surface area contributed by atoms with E-state index in [0.29, 0.717) is 18.4 Å². The fourth-order valence-electron chi connectivity index (χ4n) is 0.358. The third-order valence-corrected chi connectivity index (χ3v) is 1.54. The van der Waals surface area contributed by atoms with Gasteiger partial charge in [-0.25, -0.2) is 4.79 Å². The molecule has 0 N–H and O–H groups in total. The van der Waals surface area contributed by atoms with Gasteiger partial charge in [0.05, 0.1) is 6.61 Å². The van der Waals surface area contributed by atoms with Crippen molar-refractivity contribution in [3.8, 4) is 0 Å². The van der Waals surface area contributed by atoms with Gasteiger partial charge < -0.3 is 4.74 Å². The number of rotatable bonds is 4. The molecule has 0 saturated carbocycles. The second kappa shape index (κ2) is 4.36. The molecule has 0 aromatic heterocycles. The fourth-order valence-corrected chi connectivity index (χ4v) is 0.358. The molecule has 2 nitrogen and oxygen atoms in total. The Kier molecular flexibility index (Phi) is 4.10. The molecule has 0 saturated heterocycles. The predicted octanol–water partition coefficient (Wildman–Crippen LogP) is 1.36. The van der Waals surface area contributed by atoms with Crippen LogP contribution in [0.4, 0.5) is 0 Å². The van der Waals surface area contributed by atoms with Crippen LogP contribution in [0.5, 0.6) is 0 Å². The van der Waals surface area contributed by atoms with Crippen molar-refractivity contribution in [2.24, 2.45) is 11.8 Å². The molecule has 9 heavy (non-hydrogen) atoms. The standard InChI is InChI=1S/C7H13O2/c1-6(2)7(3)4-9-5-8/h6-7H,4H2,1-3H3. The Morgan fingerprint density at radius 1 is 1.44 bits per heavy atom. The van der Waals surface area contributed by atoms with Crippen LogP contribution in [-0.4, -0.2) is 13.1 Å². The molecular formula is C7H13O2. The van der Waals surface area contributed by atoms with Crippen molar-refractivity contribution >= 4 is 6.47 Å². The normalized spacial score (nSPS) is 13.3. The van der Waals surface area contributed by atoms with Crippen molar-refractivity contribution in [3.05, 3.63) is 0 Å². The van der Waals surface area contributed by atoms with Crippen LogP contribution in [0.25, 0.3) is 0 Å². The van der Waals surface area contributed by atoms with Crippen LogP contribution in [0.15, 0.2) is 0 Å². The van der Waals surface area contributed by atoms with Crippen LogP contribution in [0.2, 0.25) is 0 Å². The summed E-state index contributed by atoms with van der Waals surface area (Å²) in [6.07, 6.45) is 0. The second-order valence-electron chi connectivity index (χ2n) is 2.62. The van der Waals surface area contributed by atoms with Crippen LogP contribution >= 0.6 is 0 Å². The van der Waals surface area contributed by atoms with Gasteiger partial charge in [-0.1, -0.05) is 20.8 Å². The van der Waals surface area contributed by atoms with Crippen LogP contribution in [0.3, 0.4) is 0 Å². The van der Waals surface area contributed by atoms with Gasteiger partial charge in [-0.3, -0.25) is 0 Å². The molecule has 0 bridgehead atoms. The Bertz CT molecular complexity index is 79.0. The van der Waals surface area contributed by atoms with Crippen molar-refractivity contribution in [2.45, 2.75) is 20.8 Å². The first kappa shape index (κ1) is 8.47. The molecule has 0 aliphatic carbocycles. The average molecular weight is 129 g/mol. The molecule has 0 heterocycles. The number of hydrogen-bond donors (Lipinski definition) is 0. The molecule has 1 atom stereocenters. The van der Waals surface area contributed by atoms with Gasteiger partial charge in [0, 0.05) is 0 Å². The first-order valence-corrected chi connectivity index (χ1v) is 3.17. The van der Waals surface area contributed by atoms with E-state index >= 15 is 0 Å². The van der Waals surface area contributed by atoms with E-state index in [0.717, 1.165) is 0 Å². The number of hydrogen-bond acceptors (Lipinski definition) is 2. The molecule has 0 aliphatic rings. The summed E-state index contributed by atoms with van der Waals surface area (Å²) in [6.45, 7) is 8.13. The van der Waals surface area contributed by atoms with Crippen molar-refractivity contribution in [3.63, 3.8) is 0 Å². The van der Waals surface area contributed by atoms with Crippen molar-refractivity contribution < 1.29 is 9.53 Å². The van der Waals surface area contributed by atoms with Gasteiger partial charge in [-0.2, -0.15) is 0 Å². The zero-order valence-electron chi connectivity index (χ0n) is 6.18. The van der Waals surface area contributed by atoms with Gasteiger partial charge in [-0.05, 0) is 11.8 Å². The molecule has 1 radical (unpaired) electrons. The van der Waals surface area contributed by atoms with E-state index in [9.17, 15) is 4.79 Å². The molecule has 0 aromatic rings. The fraction of sp³-hybridized carbons (Fsp3) is 0.857. The van der Waals surface area contributed by atoms with Gasteiger partial charge in [0.15, 0.2) is 0 Å². The summed E-state index contributed by atoms with van der Waals surface area (Å²) in [6, 6.07) is 0. The van der Waals surface area contributed by atoms with Crippen LogP contribution in [0, 0.1) is 11.8 Å². The van der Waals surface area contributed by atoms with Crippen molar-refractivity contribution in [1.29, 1.82) is 0 Å². The highest BCUT2D eigenvalue weighted by Gasteiger charge is 2.06. The zero-order chi connectivity index (χ0) is 7.28. The first-order valence-electron chi connectivity index (χ1n) is 3.17. The van der Waals surface area contributed by atoms with E-state index in [2.05, 4.69) is 18.6 Å². The minimum absolute atomic E-state index is 0.437. The summed E-state index contributed by atoms with van der Waals surface area (Å²) < 4.78 is 4.45. The topological polar surface area (TPSA) is 26.3 Å². The predicted molar refractivity (Wildman–Crippen MR) is 35.6 cm³/mol.